The number of sulfonamides is 1. The summed E-state index contributed by atoms with van der Waals surface area (Å²) in [6, 6.07) is 13.4. The van der Waals surface area contributed by atoms with Gasteiger partial charge in [0.25, 0.3) is 0 Å². The van der Waals surface area contributed by atoms with Crippen LogP contribution in [0.2, 0.25) is 5.02 Å². The van der Waals surface area contributed by atoms with Crippen LogP contribution in [0.5, 0.6) is 0 Å². The Morgan fingerprint density at radius 2 is 1.96 bits per heavy atom. The molecule has 0 unspecified atom stereocenters. The summed E-state index contributed by atoms with van der Waals surface area (Å²) >= 11 is 8.09. The van der Waals surface area contributed by atoms with Gasteiger partial charge in [-0.15, -0.1) is 11.3 Å². The monoisotopic (exact) mass is 432 g/mol. The number of nitrogens with one attached hydrogen (secondary N) is 1. The zero-order valence-electron chi connectivity index (χ0n) is 15.5. The van der Waals surface area contributed by atoms with E-state index in [-0.39, 0.29) is 6.54 Å². The molecule has 7 heteroatoms. The van der Waals surface area contributed by atoms with Crippen LogP contribution in [-0.4, -0.2) is 26.9 Å². The highest BCUT2D eigenvalue weighted by Crippen LogP contribution is 2.39. The molecule has 1 aliphatic heterocycles. The first-order valence-electron chi connectivity index (χ1n) is 9.06. The van der Waals surface area contributed by atoms with Crippen LogP contribution in [0.1, 0.15) is 21.6 Å². The van der Waals surface area contributed by atoms with Crippen molar-refractivity contribution in [3.63, 3.8) is 0 Å². The Hall–Kier alpha value is -1.70. The summed E-state index contributed by atoms with van der Waals surface area (Å²) in [7, 11) is -1.44. The van der Waals surface area contributed by atoms with E-state index in [4.69, 9.17) is 11.6 Å². The quantitative estimate of drug-likeness (QED) is 0.639. The second-order valence-corrected chi connectivity index (χ2v) is 10.2. The van der Waals surface area contributed by atoms with Crippen molar-refractivity contribution in [2.45, 2.75) is 19.5 Å². The molecule has 2 heterocycles. The van der Waals surface area contributed by atoms with Crippen LogP contribution >= 0.6 is 22.9 Å². The number of rotatable bonds is 5. The Morgan fingerprint density at radius 1 is 1.18 bits per heavy atom. The Morgan fingerprint density at radius 3 is 2.75 bits per heavy atom. The first-order valence-corrected chi connectivity index (χ1v) is 11.8. The van der Waals surface area contributed by atoms with Crippen LogP contribution in [0, 0.1) is 0 Å². The van der Waals surface area contributed by atoms with Crippen molar-refractivity contribution < 1.29 is 8.42 Å². The van der Waals surface area contributed by atoms with Gasteiger partial charge < -0.3 is 4.90 Å². The molecule has 4 nitrogen and oxygen atoms in total. The minimum absolute atomic E-state index is 0.279. The highest BCUT2D eigenvalue weighted by molar-refractivity contribution is 7.92. The fourth-order valence-electron chi connectivity index (χ4n) is 3.50. The molecule has 146 valence electrons. The van der Waals surface area contributed by atoms with Gasteiger partial charge in [-0.25, -0.2) is 13.1 Å². The summed E-state index contributed by atoms with van der Waals surface area (Å²) < 4.78 is 28.8. The van der Waals surface area contributed by atoms with Crippen molar-refractivity contribution in [3.8, 4) is 0 Å². The normalized spacial score (nSPS) is 15.4. The molecule has 0 saturated heterocycles. The maximum atomic E-state index is 12.4. The minimum Gasteiger partial charge on any atom is -0.302 e. The number of hydrogen-bond donors (Lipinski definition) is 1. The lowest BCUT2D eigenvalue weighted by atomic mass is 10.0. The van der Waals surface area contributed by atoms with E-state index in [0.717, 1.165) is 35.0 Å². The molecule has 4 rings (SSSR count). The average molecular weight is 433 g/mol. The van der Waals surface area contributed by atoms with Crippen LogP contribution in [0.3, 0.4) is 0 Å². The van der Waals surface area contributed by atoms with Crippen LogP contribution in [0.4, 0.5) is 0 Å². The first-order chi connectivity index (χ1) is 13.4. The molecule has 0 amide bonds. The molecule has 0 aliphatic carbocycles. The largest absolute Gasteiger partial charge is 0.302 e. The molecule has 0 spiro atoms. The second-order valence-electron chi connectivity index (χ2n) is 6.97. The summed E-state index contributed by atoms with van der Waals surface area (Å²) in [5.41, 5.74) is 3.21. The molecular weight excluding hydrogens is 412 g/mol. The van der Waals surface area contributed by atoms with Crippen molar-refractivity contribution in [2.75, 3.05) is 13.6 Å². The molecule has 1 aromatic heterocycles. The number of halogens is 1. The molecule has 0 fully saturated rings. The highest BCUT2D eigenvalue weighted by atomic mass is 35.5. The molecule has 0 radical (unpaired) electrons. The topological polar surface area (TPSA) is 49.4 Å². The SMILES string of the molecule is CN1CCc2c(Cl)ccc3sc(CNS(=O)(=O)C=Cc4ccccc4)c(c23)C1. The highest BCUT2D eigenvalue weighted by Gasteiger charge is 2.22. The van der Waals surface area contributed by atoms with E-state index in [0.29, 0.717) is 0 Å². The maximum Gasteiger partial charge on any atom is 0.234 e. The smallest absolute Gasteiger partial charge is 0.234 e. The van der Waals surface area contributed by atoms with E-state index in [2.05, 4.69) is 16.7 Å². The predicted molar refractivity (Wildman–Crippen MR) is 118 cm³/mol. The van der Waals surface area contributed by atoms with E-state index >= 15 is 0 Å². The molecule has 28 heavy (non-hydrogen) atoms. The van der Waals surface area contributed by atoms with Gasteiger partial charge in [-0.05, 0) is 48.4 Å². The Balaban J connectivity index is 1.61. The lowest BCUT2D eigenvalue weighted by Crippen LogP contribution is -2.22. The van der Waals surface area contributed by atoms with Gasteiger partial charge in [-0.3, -0.25) is 0 Å². The number of nitrogens with zero attached hydrogens (tertiary/aromatic N) is 1. The third kappa shape index (κ3) is 4.16. The molecule has 3 aromatic rings. The maximum absolute atomic E-state index is 12.4. The molecule has 1 aliphatic rings. The third-order valence-corrected chi connectivity index (χ3v) is 7.53. The van der Waals surface area contributed by atoms with Crippen molar-refractivity contribution in [1.29, 1.82) is 0 Å². The summed E-state index contributed by atoms with van der Waals surface area (Å²) in [6.45, 7) is 2.01. The standard InChI is InChI=1S/C21H21ClN2O2S2/c1-24-11-9-16-18(22)7-8-19-21(16)17(14-24)20(27-19)13-23-28(25,26)12-10-15-5-3-2-4-6-15/h2-8,10,12,23H,9,11,13-14H2,1H3. The van der Waals surface area contributed by atoms with Crippen LogP contribution < -0.4 is 4.72 Å². The molecule has 1 N–H and O–H groups in total. The van der Waals surface area contributed by atoms with E-state index < -0.39 is 10.0 Å². The summed E-state index contributed by atoms with van der Waals surface area (Å²) in [4.78, 5) is 3.30. The number of benzene rings is 2. The van der Waals surface area contributed by atoms with E-state index in [1.165, 1.54) is 26.6 Å². The lowest BCUT2D eigenvalue weighted by molar-refractivity contribution is 0.336. The first kappa shape index (κ1) is 19.6. The third-order valence-electron chi connectivity index (χ3n) is 4.93. The summed E-state index contributed by atoms with van der Waals surface area (Å²) in [6.07, 6.45) is 2.51. The van der Waals surface area contributed by atoms with Crippen molar-refractivity contribution in [3.05, 3.63) is 74.5 Å². The second kappa shape index (κ2) is 7.97. The molecule has 0 atom stereocenters. The fourth-order valence-corrected chi connectivity index (χ4v) is 5.81. The van der Waals surface area contributed by atoms with Gasteiger partial charge in [0, 0.05) is 45.0 Å². The number of thiophene rings is 1. The predicted octanol–water partition coefficient (Wildman–Crippen LogP) is 4.63. The number of hydrogen-bond acceptors (Lipinski definition) is 4. The zero-order chi connectivity index (χ0) is 19.7. The van der Waals surface area contributed by atoms with E-state index in [1.54, 1.807) is 17.4 Å². The van der Waals surface area contributed by atoms with Crippen molar-refractivity contribution in [2.24, 2.45) is 0 Å². The van der Waals surface area contributed by atoms with Crippen LogP contribution in [0.25, 0.3) is 16.2 Å². The average Bonchev–Trinajstić information content (AvgIpc) is 2.92. The Kier molecular flexibility index (Phi) is 5.58. The van der Waals surface area contributed by atoms with Crippen LogP contribution in [-0.2, 0) is 29.5 Å². The fraction of sp³-hybridized carbons (Fsp3) is 0.238. The van der Waals surface area contributed by atoms with Gasteiger partial charge in [0.15, 0.2) is 0 Å². The molecule has 2 aromatic carbocycles. The number of likely N-dealkylation sites (N-methyl/N-ethyl adjacent to an activating group) is 1. The Labute approximate surface area is 174 Å². The van der Waals surface area contributed by atoms with Gasteiger partial charge in [0.05, 0.1) is 0 Å². The molecule has 0 bridgehead atoms. The molecular formula is C21H21ClN2O2S2. The van der Waals surface area contributed by atoms with Gasteiger partial charge in [-0.1, -0.05) is 41.9 Å². The summed E-state index contributed by atoms with van der Waals surface area (Å²) in [5.74, 6) is 0. The lowest BCUT2D eigenvalue weighted by Gasteiger charge is -2.14. The van der Waals surface area contributed by atoms with Gasteiger partial charge >= 0.3 is 0 Å². The van der Waals surface area contributed by atoms with E-state index in [9.17, 15) is 8.42 Å². The Bertz CT molecular complexity index is 1140. The van der Waals surface area contributed by atoms with Gasteiger partial charge in [-0.2, -0.15) is 0 Å². The van der Waals surface area contributed by atoms with Gasteiger partial charge in [0.2, 0.25) is 10.0 Å². The van der Waals surface area contributed by atoms with Crippen molar-refractivity contribution in [1.82, 2.24) is 9.62 Å². The zero-order valence-corrected chi connectivity index (χ0v) is 17.9. The minimum atomic E-state index is -3.53. The van der Waals surface area contributed by atoms with Crippen molar-refractivity contribution >= 4 is 49.1 Å². The van der Waals surface area contributed by atoms with Gasteiger partial charge in [0.1, 0.15) is 0 Å². The van der Waals surface area contributed by atoms with E-state index in [1.807, 2.05) is 42.5 Å². The van der Waals surface area contributed by atoms with Crippen LogP contribution in [0.15, 0.2) is 47.9 Å². The molecule has 0 saturated carbocycles. The summed E-state index contributed by atoms with van der Waals surface area (Å²) in [5, 5.41) is 3.22.